The highest BCUT2D eigenvalue weighted by Crippen LogP contribution is 2.34. The van der Waals surface area contributed by atoms with Crippen LogP contribution in [-0.4, -0.2) is 6.54 Å². The summed E-state index contributed by atoms with van der Waals surface area (Å²) >= 11 is 0. The van der Waals surface area contributed by atoms with Crippen molar-refractivity contribution in [3.8, 4) is 0 Å². The topological polar surface area (TPSA) is 70.9 Å². The predicted octanol–water partition coefficient (Wildman–Crippen LogP) is 2.73. The Kier molecular flexibility index (Phi) is 3.08. The van der Waals surface area contributed by atoms with Crippen LogP contribution in [0.1, 0.15) is 0 Å². The van der Waals surface area contributed by atoms with Gasteiger partial charge in [-0.2, -0.15) is 0 Å². The molecule has 0 aromatic heterocycles. The summed E-state index contributed by atoms with van der Waals surface area (Å²) in [7, 11) is 0. The lowest BCUT2D eigenvalue weighted by molar-refractivity contribution is 1.31. The molecule has 1 aromatic rings. The van der Waals surface area contributed by atoms with Crippen LogP contribution in [0.15, 0.2) is 28.6 Å². The summed E-state index contributed by atoms with van der Waals surface area (Å²) in [6.07, 6.45) is 0. The van der Waals surface area contributed by atoms with Crippen molar-refractivity contribution in [2.75, 3.05) is 11.9 Å². The Morgan fingerprint density at radius 2 is 2.08 bits per heavy atom. The first-order valence-corrected chi connectivity index (χ1v) is 3.66. The fourth-order valence-corrected chi connectivity index (χ4v) is 0.978. The molecular formula is C8H8N3O2. The maximum Gasteiger partial charge on any atom is 0.160 e. The molecule has 0 aliphatic rings. The molecule has 0 aliphatic heterocycles. The molecule has 0 aliphatic carbocycles. The van der Waals surface area contributed by atoms with Gasteiger partial charge in [0.15, 0.2) is 5.69 Å². The number of rotatable bonds is 4. The number of nitrogens with zero attached hydrogens (tertiary/aromatic N) is 2. The highest BCUT2D eigenvalue weighted by atomic mass is 16.3. The summed E-state index contributed by atoms with van der Waals surface area (Å²) in [5, 5.41) is 8.20. The molecule has 0 saturated carbocycles. The minimum absolute atomic E-state index is 0.0288. The van der Waals surface area contributed by atoms with E-state index in [1.54, 1.807) is 12.1 Å². The smallest absolute Gasteiger partial charge is 0.160 e. The maximum atomic E-state index is 10.4. The molecule has 0 unspecified atom stereocenters. The van der Waals surface area contributed by atoms with Gasteiger partial charge in [-0.05, 0) is 29.4 Å². The van der Waals surface area contributed by atoms with Crippen LogP contribution in [0, 0.1) is 16.7 Å². The Bertz CT molecular complexity index is 325. The minimum atomic E-state index is 0.0288. The molecule has 67 valence electrons. The van der Waals surface area contributed by atoms with Crippen LogP contribution < -0.4 is 5.32 Å². The van der Waals surface area contributed by atoms with Gasteiger partial charge in [-0.1, -0.05) is 6.07 Å². The fraction of sp³-hybridized carbons (Fsp3) is 0.125. The molecule has 1 radical (unpaired) electrons. The van der Waals surface area contributed by atoms with Gasteiger partial charge in [0.1, 0.15) is 5.69 Å². The average Bonchev–Trinajstić information content (AvgIpc) is 2.18. The molecule has 1 aromatic carbocycles. The Labute approximate surface area is 75.1 Å². The van der Waals surface area contributed by atoms with Crippen LogP contribution in [-0.2, 0) is 0 Å². The molecule has 0 atom stereocenters. The van der Waals surface area contributed by atoms with Gasteiger partial charge in [-0.15, -0.1) is 9.81 Å². The van der Waals surface area contributed by atoms with E-state index in [4.69, 9.17) is 0 Å². The number of benzene rings is 1. The lowest BCUT2D eigenvalue weighted by Crippen LogP contribution is -1.96. The molecule has 5 heteroatoms. The van der Waals surface area contributed by atoms with E-state index >= 15 is 0 Å². The molecule has 0 fully saturated rings. The van der Waals surface area contributed by atoms with Crippen LogP contribution in [0.5, 0.6) is 0 Å². The third-order valence-electron chi connectivity index (χ3n) is 1.52. The lowest BCUT2D eigenvalue weighted by atomic mass is 10.2. The third-order valence-corrected chi connectivity index (χ3v) is 1.52. The van der Waals surface area contributed by atoms with Crippen molar-refractivity contribution in [3.63, 3.8) is 0 Å². The number of hydrogen-bond acceptors (Lipinski definition) is 5. The van der Waals surface area contributed by atoms with Crippen LogP contribution in [0.2, 0.25) is 0 Å². The van der Waals surface area contributed by atoms with E-state index in [1.165, 1.54) is 6.07 Å². The monoisotopic (exact) mass is 178 g/mol. The van der Waals surface area contributed by atoms with Crippen molar-refractivity contribution in [1.82, 2.24) is 0 Å². The molecule has 0 heterocycles. The zero-order valence-electron chi connectivity index (χ0n) is 6.86. The van der Waals surface area contributed by atoms with E-state index in [0.29, 0.717) is 12.2 Å². The van der Waals surface area contributed by atoms with E-state index in [-0.39, 0.29) is 11.4 Å². The number of hydrogen-bond donors (Lipinski definition) is 1. The van der Waals surface area contributed by atoms with Crippen molar-refractivity contribution in [1.29, 1.82) is 0 Å². The molecule has 0 bridgehead atoms. The Balaban J connectivity index is 3.18. The number of nitrogens with one attached hydrogen (secondary N) is 1. The number of nitroso groups, excluding NO2 is 2. The summed E-state index contributed by atoms with van der Waals surface area (Å²) < 4.78 is 0. The van der Waals surface area contributed by atoms with Crippen LogP contribution in [0.25, 0.3) is 0 Å². The largest absolute Gasteiger partial charge is 0.383 e. The van der Waals surface area contributed by atoms with Crippen molar-refractivity contribution in [2.45, 2.75) is 0 Å². The Hall–Kier alpha value is -1.78. The summed E-state index contributed by atoms with van der Waals surface area (Å²) in [5.74, 6) is 0. The highest BCUT2D eigenvalue weighted by molar-refractivity contribution is 5.77. The van der Waals surface area contributed by atoms with Crippen molar-refractivity contribution in [2.24, 2.45) is 10.4 Å². The molecule has 1 N–H and O–H groups in total. The van der Waals surface area contributed by atoms with Crippen LogP contribution in [0.4, 0.5) is 17.1 Å². The zero-order chi connectivity index (χ0) is 9.68. The maximum absolute atomic E-state index is 10.4. The lowest BCUT2D eigenvalue weighted by Gasteiger charge is -2.04. The van der Waals surface area contributed by atoms with Gasteiger partial charge in [0, 0.05) is 6.54 Å². The third kappa shape index (κ3) is 1.87. The van der Waals surface area contributed by atoms with Crippen molar-refractivity contribution in [3.05, 3.63) is 34.9 Å². The van der Waals surface area contributed by atoms with E-state index in [0.717, 1.165) is 0 Å². The number of anilines is 1. The van der Waals surface area contributed by atoms with Crippen molar-refractivity contribution < 1.29 is 0 Å². The van der Waals surface area contributed by atoms with Gasteiger partial charge in [-0.3, -0.25) is 0 Å². The van der Waals surface area contributed by atoms with Gasteiger partial charge in [0.2, 0.25) is 0 Å². The Morgan fingerprint density at radius 1 is 1.31 bits per heavy atom. The van der Waals surface area contributed by atoms with E-state index in [9.17, 15) is 9.81 Å². The second-order valence-electron chi connectivity index (χ2n) is 2.28. The van der Waals surface area contributed by atoms with E-state index in [1.807, 2.05) is 0 Å². The van der Waals surface area contributed by atoms with Gasteiger partial charge in [0.05, 0.1) is 5.69 Å². The fourth-order valence-electron chi connectivity index (χ4n) is 0.978. The highest BCUT2D eigenvalue weighted by Gasteiger charge is 2.07. The van der Waals surface area contributed by atoms with Gasteiger partial charge < -0.3 is 5.32 Å². The minimum Gasteiger partial charge on any atom is -0.383 e. The van der Waals surface area contributed by atoms with Gasteiger partial charge in [-0.25, -0.2) is 0 Å². The summed E-state index contributed by atoms with van der Waals surface area (Å²) in [5.41, 5.74) is 0.539. The zero-order valence-corrected chi connectivity index (χ0v) is 6.86. The quantitative estimate of drug-likeness (QED) is 0.720. The predicted molar refractivity (Wildman–Crippen MR) is 51.2 cm³/mol. The van der Waals surface area contributed by atoms with E-state index in [2.05, 4.69) is 22.6 Å². The standard InChI is InChI=1S/C8H8N3O2/c1-2-9-6-4-3-5-7(10-12)8(6)11-13/h3-5,9H,1-2H2. The molecule has 0 spiro atoms. The SMILES string of the molecule is [CH2]CNc1cccc(N=O)c1N=O. The first kappa shape index (κ1) is 9.31. The first-order chi connectivity index (χ1) is 6.33. The molecule has 13 heavy (non-hydrogen) atoms. The van der Waals surface area contributed by atoms with Gasteiger partial charge in [0.25, 0.3) is 0 Å². The van der Waals surface area contributed by atoms with Gasteiger partial charge >= 0.3 is 0 Å². The summed E-state index contributed by atoms with van der Waals surface area (Å²) in [4.78, 5) is 20.6. The van der Waals surface area contributed by atoms with Crippen LogP contribution in [0.3, 0.4) is 0 Å². The normalized spacial score (nSPS) is 9.31. The summed E-state index contributed by atoms with van der Waals surface area (Å²) in [6.45, 7) is 3.96. The first-order valence-electron chi connectivity index (χ1n) is 3.66. The van der Waals surface area contributed by atoms with E-state index < -0.39 is 0 Å². The molecule has 5 nitrogen and oxygen atoms in total. The molecular weight excluding hydrogens is 170 g/mol. The van der Waals surface area contributed by atoms with Crippen molar-refractivity contribution >= 4 is 17.1 Å². The molecule has 1 rings (SSSR count). The average molecular weight is 178 g/mol. The summed E-state index contributed by atoms with van der Waals surface area (Å²) in [6, 6.07) is 4.68. The second-order valence-corrected chi connectivity index (χ2v) is 2.28. The Morgan fingerprint density at radius 3 is 2.62 bits per heavy atom. The second kappa shape index (κ2) is 4.30. The molecule has 0 saturated heterocycles. The molecule has 0 amide bonds. The van der Waals surface area contributed by atoms with Crippen LogP contribution >= 0.6 is 0 Å².